The van der Waals surface area contributed by atoms with Crippen molar-refractivity contribution in [2.45, 2.75) is 31.7 Å². The number of hydrogen-bond acceptors (Lipinski definition) is 5. The van der Waals surface area contributed by atoms with Crippen LogP contribution in [0.4, 0.5) is 4.79 Å². The third-order valence-electron chi connectivity index (χ3n) is 4.18. The molecular weight excluding hydrogens is 308 g/mol. The van der Waals surface area contributed by atoms with Crippen LogP contribution in [0.25, 0.3) is 0 Å². The number of nitrogens with one attached hydrogen (secondary N) is 1. The Morgan fingerprint density at radius 3 is 3.00 bits per heavy atom. The van der Waals surface area contributed by atoms with Gasteiger partial charge in [0.1, 0.15) is 0 Å². The van der Waals surface area contributed by atoms with Crippen molar-refractivity contribution < 1.29 is 14.4 Å². The first-order valence-corrected chi connectivity index (χ1v) is 8.27. The number of urea groups is 1. The van der Waals surface area contributed by atoms with E-state index in [2.05, 4.69) is 15.5 Å². The molecule has 1 aliphatic heterocycles. The second kappa shape index (κ2) is 7.92. The van der Waals surface area contributed by atoms with Gasteiger partial charge in [0.05, 0.1) is 12.6 Å². The van der Waals surface area contributed by atoms with Crippen LogP contribution in [-0.2, 0) is 12.8 Å². The molecule has 0 unspecified atom stereocenters. The van der Waals surface area contributed by atoms with Crippen LogP contribution < -0.4 is 5.32 Å². The van der Waals surface area contributed by atoms with Gasteiger partial charge in [0, 0.05) is 25.9 Å². The number of carbonyl (C=O) groups excluding carboxylic acids is 1. The van der Waals surface area contributed by atoms with Crippen molar-refractivity contribution in [1.82, 2.24) is 20.4 Å². The van der Waals surface area contributed by atoms with Crippen LogP contribution in [0, 0.1) is 0 Å². The van der Waals surface area contributed by atoms with Gasteiger partial charge in [-0.2, -0.15) is 4.98 Å². The molecule has 2 heterocycles. The van der Waals surface area contributed by atoms with Crippen molar-refractivity contribution in [3.63, 3.8) is 0 Å². The second-order valence-corrected chi connectivity index (χ2v) is 5.92. The summed E-state index contributed by atoms with van der Waals surface area (Å²) in [5.74, 6) is 1.16. The van der Waals surface area contributed by atoms with Crippen molar-refractivity contribution in [2.24, 2.45) is 0 Å². The van der Waals surface area contributed by atoms with E-state index in [1.54, 1.807) is 4.90 Å². The summed E-state index contributed by atoms with van der Waals surface area (Å²) < 4.78 is 5.22. The van der Waals surface area contributed by atoms with E-state index in [1.807, 2.05) is 30.3 Å². The molecule has 1 atom stereocenters. The summed E-state index contributed by atoms with van der Waals surface area (Å²) in [4.78, 5) is 18.1. The fourth-order valence-electron chi connectivity index (χ4n) is 2.91. The summed E-state index contributed by atoms with van der Waals surface area (Å²) in [6.45, 7) is 1.14. The highest BCUT2D eigenvalue weighted by Gasteiger charge is 2.27. The van der Waals surface area contributed by atoms with Gasteiger partial charge in [-0.05, 0) is 18.4 Å². The molecule has 128 valence electrons. The number of aromatic nitrogens is 2. The Bertz CT molecular complexity index is 659. The highest BCUT2D eigenvalue weighted by molar-refractivity contribution is 5.74. The smallest absolute Gasteiger partial charge is 0.317 e. The zero-order valence-corrected chi connectivity index (χ0v) is 13.5. The first-order valence-electron chi connectivity index (χ1n) is 8.27. The fraction of sp³-hybridized carbons (Fsp3) is 0.471. The average molecular weight is 330 g/mol. The summed E-state index contributed by atoms with van der Waals surface area (Å²) in [6.07, 6.45) is 2.91. The predicted molar refractivity (Wildman–Crippen MR) is 87.5 cm³/mol. The van der Waals surface area contributed by atoms with Crippen LogP contribution in [0.2, 0.25) is 0 Å². The van der Waals surface area contributed by atoms with Crippen LogP contribution in [0.5, 0.6) is 0 Å². The molecule has 1 aromatic heterocycles. The number of hydrogen-bond donors (Lipinski definition) is 2. The third kappa shape index (κ3) is 4.11. The second-order valence-electron chi connectivity index (χ2n) is 5.92. The summed E-state index contributed by atoms with van der Waals surface area (Å²) >= 11 is 0. The number of aliphatic hydroxyl groups is 1. The van der Waals surface area contributed by atoms with Crippen LogP contribution in [0.3, 0.4) is 0 Å². The highest BCUT2D eigenvalue weighted by atomic mass is 16.5. The maximum Gasteiger partial charge on any atom is 0.317 e. The van der Waals surface area contributed by atoms with E-state index < -0.39 is 0 Å². The molecule has 7 nitrogen and oxygen atoms in total. The molecular formula is C17H22N4O3. The van der Waals surface area contributed by atoms with Crippen LogP contribution in [0.1, 0.15) is 30.1 Å². The van der Waals surface area contributed by atoms with Gasteiger partial charge in [-0.15, -0.1) is 0 Å². The lowest BCUT2D eigenvalue weighted by Gasteiger charge is -2.23. The summed E-state index contributed by atoms with van der Waals surface area (Å²) in [5, 5.41) is 16.1. The molecule has 7 heteroatoms. The van der Waals surface area contributed by atoms with E-state index in [9.17, 15) is 9.90 Å². The fourth-order valence-corrected chi connectivity index (χ4v) is 2.91. The monoisotopic (exact) mass is 330 g/mol. The highest BCUT2D eigenvalue weighted by Crippen LogP contribution is 2.16. The maximum absolute atomic E-state index is 12.1. The lowest BCUT2D eigenvalue weighted by atomic mass is 10.1. The van der Waals surface area contributed by atoms with Gasteiger partial charge < -0.3 is 19.8 Å². The van der Waals surface area contributed by atoms with Crippen LogP contribution in [-0.4, -0.2) is 51.9 Å². The molecule has 1 aromatic carbocycles. The Kier molecular flexibility index (Phi) is 5.43. The maximum atomic E-state index is 12.1. The lowest BCUT2D eigenvalue weighted by molar-refractivity contribution is 0.157. The van der Waals surface area contributed by atoms with Gasteiger partial charge in [-0.1, -0.05) is 35.5 Å². The van der Waals surface area contributed by atoms with Crippen molar-refractivity contribution >= 4 is 6.03 Å². The summed E-state index contributed by atoms with van der Waals surface area (Å²) in [7, 11) is 0. The first-order chi connectivity index (χ1) is 11.8. The molecule has 24 heavy (non-hydrogen) atoms. The number of carbonyl (C=O) groups is 1. The zero-order chi connectivity index (χ0) is 16.8. The number of amides is 2. The molecule has 0 saturated carbocycles. The van der Waals surface area contributed by atoms with Crippen LogP contribution in [0.15, 0.2) is 34.9 Å². The molecule has 1 saturated heterocycles. The van der Waals surface area contributed by atoms with E-state index in [-0.39, 0.29) is 18.7 Å². The molecule has 1 aliphatic rings. The first kappa shape index (κ1) is 16.4. The quantitative estimate of drug-likeness (QED) is 0.835. The van der Waals surface area contributed by atoms with Gasteiger partial charge in [-0.25, -0.2) is 4.79 Å². The Morgan fingerprint density at radius 1 is 1.38 bits per heavy atom. The average Bonchev–Trinajstić information content (AvgIpc) is 3.25. The van der Waals surface area contributed by atoms with Gasteiger partial charge >= 0.3 is 6.03 Å². The molecule has 0 bridgehead atoms. The minimum absolute atomic E-state index is 0.0138. The van der Waals surface area contributed by atoms with Crippen molar-refractivity contribution in [3.8, 4) is 0 Å². The molecule has 3 rings (SSSR count). The minimum atomic E-state index is -0.143. The topological polar surface area (TPSA) is 91.5 Å². The van der Waals surface area contributed by atoms with Crippen molar-refractivity contribution in [3.05, 3.63) is 47.6 Å². The Hall–Kier alpha value is -2.41. The molecule has 2 N–H and O–H groups in total. The van der Waals surface area contributed by atoms with E-state index in [0.29, 0.717) is 37.6 Å². The SMILES string of the molecule is O=C(NCCc1nc(Cc2ccccc2)no1)N1CCC[C@H]1CO. The molecule has 1 fully saturated rings. The standard InChI is InChI=1S/C17H22N4O3/c22-12-14-7-4-10-21(14)17(23)18-9-8-16-19-15(20-24-16)11-13-5-2-1-3-6-13/h1-3,5-6,14,22H,4,7-12H2,(H,18,23)/t14-/m0/s1. The Labute approximate surface area is 140 Å². The number of aliphatic hydroxyl groups excluding tert-OH is 1. The number of nitrogens with zero attached hydrogens (tertiary/aromatic N) is 3. The van der Waals surface area contributed by atoms with Gasteiger partial charge in [0.15, 0.2) is 5.82 Å². The largest absolute Gasteiger partial charge is 0.394 e. The summed E-state index contributed by atoms with van der Waals surface area (Å²) in [6, 6.07) is 9.75. The van der Waals surface area contributed by atoms with E-state index in [4.69, 9.17) is 4.52 Å². The number of likely N-dealkylation sites (tertiary alicyclic amines) is 1. The number of rotatable bonds is 6. The lowest BCUT2D eigenvalue weighted by Crippen LogP contribution is -2.44. The third-order valence-corrected chi connectivity index (χ3v) is 4.18. The summed E-state index contributed by atoms with van der Waals surface area (Å²) in [5.41, 5.74) is 1.13. The van der Waals surface area contributed by atoms with Gasteiger partial charge in [0.25, 0.3) is 0 Å². The molecule has 2 amide bonds. The van der Waals surface area contributed by atoms with E-state index in [0.717, 1.165) is 18.4 Å². The number of benzene rings is 1. The van der Waals surface area contributed by atoms with Crippen molar-refractivity contribution in [2.75, 3.05) is 19.7 Å². The van der Waals surface area contributed by atoms with E-state index in [1.165, 1.54) is 0 Å². The molecule has 0 aliphatic carbocycles. The van der Waals surface area contributed by atoms with Crippen molar-refractivity contribution in [1.29, 1.82) is 0 Å². The molecule has 0 radical (unpaired) electrons. The van der Waals surface area contributed by atoms with Gasteiger partial charge in [0.2, 0.25) is 5.89 Å². The van der Waals surface area contributed by atoms with Crippen LogP contribution >= 0.6 is 0 Å². The normalized spacial score (nSPS) is 17.2. The van der Waals surface area contributed by atoms with E-state index >= 15 is 0 Å². The molecule has 0 spiro atoms. The Morgan fingerprint density at radius 2 is 2.21 bits per heavy atom. The zero-order valence-electron chi connectivity index (χ0n) is 13.5. The Balaban J connectivity index is 1.45. The molecule has 2 aromatic rings. The van der Waals surface area contributed by atoms with Gasteiger partial charge in [-0.3, -0.25) is 0 Å². The predicted octanol–water partition coefficient (Wildman–Crippen LogP) is 1.37. The minimum Gasteiger partial charge on any atom is -0.394 e.